The predicted octanol–water partition coefficient (Wildman–Crippen LogP) is 4.06. The molecule has 0 fully saturated rings. The number of hydrogen-bond donors (Lipinski definition) is 1. The molecule has 1 N–H and O–H groups in total. The molecule has 0 radical (unpaired) electrons. The predicted molar refractivity (Wildman–Crippen MR) is 115 cm³/mol. The highest BCUT2D eigenvalue weighted by Crippen LogP contribution is 2.23. The zero-order valence-corrected chi connectivity index (χ0v) is 17.1. The van der Waals surface area contributed by atoms with Crippen LogP contribution in [0, 0.1) is 0 Å². The van der Waals surface area contributed by atoms with Crippen molar-refractivity contribution in [1.82, 2.24) is 9.78 Å². The van der Waals surface area contributed by atoms with Gasteiger partial charge in [-0.3, -0.25) is 4.79 Å². The van der Waals surface area contributed by atoms with E-state index in [4.69, 9.17) is 20.8 Å². The number of ether oxygens (including phenoxy) is 1. The van der Waals surface area contributed by atoms with Gasteiger partial charge in [-0.05, 0) is 43.3 Å². The summed E-state index contributed by atoms with van der Waals surface area (Å²) >= 11 is 5.95. The number of nitrogens with one attached hydrogen (secondary N) is 1. The molecule has 2 heterocycles. The molecule has 0 unspecified atom stereocenters. The number of fused-ring (bicyclic) bond motifs is 1. The van der Waals surface area contributed by atoms with E-state index in [1.807, 2.05) is 0 Å². The monoisotopic (exact) mass is 437 g/mol. The van der Waals surface area contributed by atoms with Gasteiger partial charge in [0.25, 0.3) is 5.91 Å². The van der Waals surface area contributed by atoms with Gasteiger partial charge in [-0.15, -0.1) is 0 Å². The maximum atomic E-state index is 13.0. The molecule has 4 rings (SSSR count). The minimum absolute atomic E-state index is 0.0373. The van der Waals surface area contributed by atoms with E-state index in [1.165, 1.54) is 16.9 Å². The second-order valence-corrected chi connectivity index (χ2v) is 6.89. The summed E-state index contributed by atoms with van der Waals surface area (Å²) in [6, 6.07) is 14.9. The Morgan fingerprint density at radius 1 is 1.13 bits per heavy atom. The molecular weight excluding hydrogens is 422 g/mol. The standard InChI is InChI=1S/C22H16ClN3O5/c1-2-30-21(28)17-12-24-26(15-9-7-14(23)8-10-15)19(17)25-20(27)16-11-13-5-3-4-6-18(13)31-22(16)29/h3-12H,2H2,1H3,(H,25,27). The Morgan fingerprint density at radius 3 is 2.61 bits per heavy atom. The van der Waals surface area contributed by atoms with Crippen molar-refractivity contribution in [3.05, 3.63) is 87.4 Å². The highest BCUT2D eigenvalue weighted by Gasteiger charge is 2.23. The Morgan fingerprint density at radius 2 is 1.87 bits per heavy atom. The third-order valence-corrected chi connectivity index (χ3v) is 4.71. The van der Waals surface area contributed by atoms with Crippen LogP contribution in [0.4, 0.5) is 5.82 Å². The zero-order chi connectivity index (χ0) is 22.0. The van der Waals surface area contributed by atoms with Crippen LogP contribution in [0.1, 0.15) is 27.6 Å². The Labute approximate surface area is 181 Å². The van der Waals surface area contributed by atoms with Crippen molar-refractivity contribution in [2.75, 3.05) is 11.9 Å². The molecule has 2 aromatic heterocycles. The van der Waals surface area contributed by atoms with Gasteiger partial charge in [0.05, 0.1) is 18.5 Å². The number of hydrogen-bond acceptors (Lipinski definition) is 6. The molecule has 0 atom stereocenters. The van der Waals surface area contributed by atoms with Gasteiger partial charge < -0.3 is 14.5 Å². The average molecular weight is 438 g/mol. The van der Waals surface area contributed by atoms with Crippen molar-refractivity contribution in [3.8, 4) is 5.69 Å². The lowest BCUT2D eigenvalue weighted by molar-refractivity contribution is 0.0527. The van der Waals surface area contributed by atoms with Gasteiger partial charge in [0.2, 0.25) is 0 Å². The summed E-state index contributed by atoms with van der Waals surface area (Å²) in [5.74, 6) is -1.36. The Balaban J connectivity index is 1.77. The van der Waals surface area contributed by atoms with Crippen LogP contribution in [0.5, 0.6) is 0 Å². The summed E-state index contributed by atoms with van der Waals surface area (Å²) in [5, 5.41) is 7.90. The third kappa shape index (κ3) is 4.06. The van der Waals surface area contributed by atoms with Crippen molar-refractivity contribution in [3.63, 3.8) is 0 Å². The van der Waals surface area contributed by atoms with Crippen LogP contribution >= 0.6 is 11.6 Å². The van der Waals surface area contributed by atoms with Crippen molar-refractivity contribution < 1.29 is 18.7 Å². The lowest BCUT2D eigenvalue weighted by Crippen LogP contribution is -2.23. The van der Waals surface area contributed by atoms with E-state index >= 15 is 0 Å². The van der Waals surface area contributed by atoms with Crippen LogP contribution in [-0.4, -0.2) is 28.3 Å². The largest absolute Gasteiger partial charge is 0.462 e. The Kier molecular flexibility index (Phi) is 5.55. The summed E-state index contributed by atoms with van der Waals surface area (Å²) in [5.41, 5.74) is -0.0672. The lowest BCUT2D eigenvalue weighted by atomic mass is 10.2. The van der Waals surface area contributed by atoms with E-state index in [0.29, 0.717) is 21.7 Å². The van der Waals surface area contributed by atoms with Gasteiger partial charge in [0, 0.05) is 10.4 Å². The molecule has 156 valence electrons. The van der Waals surface area contributed by atoms with Crippen LogP contribution in [0.3, 0.4) is 0 Å². The Bertz CT molecular complexity index is 1340. The topological polar surface area (TPSA) is 103 Å². The highest BCUT2D eigenvalue weighted by atomic mass is 35.5. The molecule has 0 aliphatic heterocycles. The molecule has 4 aromatic rings. The number of halogens is 1. The van der Waals surface area contributed by atoms with Crippen LogP contribution < -0.4 is 10.9 Å². The van der Waals surface area contributed by atoms with Crippen molar-refractivity contribution in [2.45, 2.75) is 6.92 Å². The summed E-state index contributed by atoms with van der Waals surface area (Å²) in [6.07, 6.45) is 1.28. The maximum absolute atomic E-state index is 13.0. The number of benzene rings is 2. The molecule has 0 aliphatic carbocycles. The number of carbonyl (C=O) groups excluding carboxylic acids is 2. The smallest absolute Gasteiger partial charge is 0.349 e. The first kappa shape index (κ1) is 20.4. The van der Waals surface area contributed by atoms with Gasteiger partial charge in [-0.2, -0.15) is 5.10 Å². The number of aromatic nitrogens is 2. The lowest BCUT2D eigenvalue weighted by Gasteiger charge is -2.11. The van der Waals surface area contributed by atoms with Crippen molar-refractivity contribution in [2.24, 2.45) is 0 Å². The molecule has 1 amide bonds. The fourth-order valence-electron chi connectivity index (χ4n) is 3.00. The van der Waals surface area contributed by atoms with Crippen molar-refractivity contribution >= 4 is 40.3 Å². The first-order valence-corrected chi connectivity index (χ1v) is 9.71. The molecule has 0 saturated heterocycles. The molecule has 0 aliphatic rings. The Hall–Kier alpha value is -3.91. The molecule has 9 heteroatoms. The van der Waals surface area contributed by atoms with E-state index in [-0.39, 0.29) is 23.6 Å². The van der Waals surface area contributed by atoms with Gasteiger partial charge in [0.15, 0.2) is 5.82 Å². The fraction of sp³-hybridized carbons (Fsp3) is 0.0909. The van der Waals surface area contributed by atoms with Gasteiger partial charge in [0.1, 0.15) is 16.7 Å². The summed E-state index contributed by atoms with van der Waals surface area (Å²) in [7, 11) is 0. The summed E-state index contributed by atoms with van der Waals surface area (Å²) in [4.78, 5) is 37.7. The molecule has 0 bridgehead atoms. The molecule has 0 saturated carbocycles. The molecule has 31 heavy (non-hydrogen) atoms. The van der Waals surface area contributed by atoms with Crippen LogP contribution in [0.15, 0.2) is 70.0 Å². The van der Waals surface area contributed by atoms with E-state index in [9.17, 15) is 14.4 Å². The van der Waals surface area contributed by atoms with Gasteiger partial charge in [-0.1, -0.05) is 29.8 Å². The van der Waals surface area contributed by atoms with E-state index in [1.54, 1.807) is 55.5 Å². The minimum atomic E-state index is -0.800. The summed E-state index contributed by atoms with van der Waals surface area (Å²) in [6.45, 7) is 1.81. The van der Waals surface area contributed by atoms with E-state index < -0.39 is 17.5 Å². The average Bonchev–Trinajstić information content (AvgIpc) is 3.17. The number of anilines is 1. The van der Waals surface area contributed by atoms with Crippen LogP contribution in [0.2, 0.25) is 5.02 Å². The molecule has 0 spiro atoms. The third-order valence-electron chi connectivity index (χ3n) is 4.45. The van der Waals surface area contributed by atoms with Gasteiger partial charge >= 0.3 is 11.6 Å². The first-order valence-electron chi connectivity index (χ1n) is 9.33. The number of nitrogens with zero attached hydrogens (tertiary/aromatic N) is 2. The normalized spacial score (nSPS) is 10.8. The number of esters is 1. The van der Waals surface area contributed by atoms with E-state index in [2.05, 4.69) is 10.4 Å². The summed E-state index contributed by atoms with van der Waals surface area (Å²) < 4.78 is 11.6. The number of rotatable bonds is 5. The number of carbonyl (C=O) groups is 2. The second kappa shape index (κ2) is 8.45. The van der Waals surface area contributed by atoms with Crippen LogP contribution in [-0.2, 0) is 4.74 Å². The van der Waals surface area contributed by atoms with Gasteiger partial charge in [-0.25, -0.2) is 14.3 Å². The first-order chi connectivity index (χ1) is 15.0. The maximum Gasteiger partial charge on any atom is 0.349 e. The van der Waals surface area contributed by atoms with E-state index in [0.717, 1.165) is 0 Å². The fourth-order valence-corrected chi connectivity index (χ4v) is 3.13. The molecule has 8 nitrogen and oxygen atoms in total. The molecular formula is C22H16ClN3O5. The molecule has 2 aromatic carbocycles. The zero-order valence-electron chi connectivity index (χ0n) is 16.3. The number of para-hydroxylation sites is 1. The SMILES string of the molecule is CCOC(=O)c1cnn(-c2ccc(Cl)cc2)c1NC(=O)c1cc2ccccc2oc1=O. The highest BCUT2D eigenvalue weighted by molar-refractivity contribution is 6.30. The number of amides is 1. The van der Waals surface area contributed by atoms with Crippen LogP contribution in [0.25, 0.3) is 16.7 Å². The quantitative estimate of drug-likeness (QED) is 0.373. The minimum Gasteiger partial charge on any atom is -0.462 e. The second-order valence-electron chi connectivity index (χ2n) is 6.46. The van der Waals surface area contributed by atoms with Crippen molar-refractivity contribution in [1.29, 1.82) is 0 Å².